The molecule has 1 aliphatic heterocycles. The summed E-state index contributed by atoms with van der Waals surface area (Å²) in [6.45, 7) is 5.27. The predicted octanol–water partition coefficient (Wildman–Crippen LogP) is -1.48. The van der Waals surface area contributed by atoms with E-state index < -0.39 is 150 Å². The fourth-order valence-electron chi connectivity index (χ4n) is 11.2. The van der Waals surface area contributed by atoms with Crippen LogP contribution < -0.4 is 70.8 Å². The molecule has 10 atom stereocenters. The van der Waals surface area contributed by atoms with Crippen LogP contribution in [0.2, 0.25) is 5.02 Å². The molecule has 1 aliphatic rings. The smallest absolute Gasteiger partial charge is 0.245 e. The minimum absolute atomic E-state index is 0.0198. The zero-order valence-corrected chi connectivity index (χ0v) is 54.7. The highest BCUT2D eigenvalue weighted by Gasteiger charge is 2.40. The minimum atomic E-state index is -1.81. The van der Waals surface area contributed by atoms with Gasteiger partial charge in [-0.05, 0) is 105 Å². The minimum Gasteiger partial charge on any atom is -0.394 e. The average molecular weight is 1350 g/mol. The molecule has 3 aromatic carbocycles. The van der Waals surface area contributed by atoms with Gasteiger partial charge in [0.1, 0.15) is 60.4 Å². The molecule has 96 heavy (non-hydrogen) atoms. The topological polar surface area (TPSA) is 489 Å². The summed E-state index contributed by atoms with van der Waals surface area (Å²) in [5, 5.41) is 35.8. The highest BCUT2D eigenvalue weighted by Crippen LogP contribution is 2.24. The summed E-state index contributed by atoms with van der Waals surface area (Å²) in [7, 11) is 0. The number of aromatic nitrogens is 2. The second-order valence-corrected chi connectivity index (χ2v) is 24.7. The van der Waals surface area contributed by atoms with Crippen LogP contribution in [0.15, 0.2) is 85.2 Å². The van der Waals surface area contributed by atoms with E-state index in [4.69, 9.17) is 34.5 Å². The first kappa shape index (κ1) is 75.1. The van der Waals surface area contributed by atoms with Crippen molar-refractivity contribution >= 4 is 110 Å². The fraction of sp³-hybridized carbons (Fsp3) is 0.462. The number of nitrogens with one attached hydrogen (secondary N) is 11. The van der Waals surface area contributed by atoms with E-state index in [-0.39, 0.29) is 76.8 Å². The Morgan fingerprint density at radius 3 is 1.60 bits per heavy atom. The molecule has 0 radical (unpaired) electrons. The van der Waals surface area contributed by atoms with Gasteiger partial charge in [0.25, 0.3) is 0 Å². The number of aromatic amines is 2. The second-order valence-electron chi connectivity index (χ2n) is 24.2. The number of hydrogen-bond acceptors (Lipinski definition) is 15. The fourth-order valence-corrected chi connectivity index (χ4v) is 11.3. The summed E-state index contributed by atoms with van der Waals surface area (Å²) >= 11 is 6.22. The van der Waals surface area contributed by atoms with Crippen molar-refractivity contribution in [1.82, 2.24) is 62.7 Å². The number of nitrogens with two attached hydrogens (primary N) is 4. The van der Waals surface area contributed by atoms with Crippen LogP contribution in [0.1, 0.15) is 102 Å². The number of hydrogen-bond donors (Lipinski definition) is 16. The molecule has 0 unspecified atom stereocenters. The lowest BCUT2D eigenvalue weighted by Gasteiger charge is -2.30. The number of H-pyrrole nitrogens is 2. The highest BCUT2D eigenvalue weighted by atomic mass is 35.5. The normalized spacial score (nSPS) is 15.7. The summed E-state index contributed by atoms with van der Waals surface area (Å²) in [5.41, 5.74) is 25.5. The second kappa shape index (κ2) is 36.1. The van der Waals surface area contributed by atoms with E-state index in [9.17, 15) is 67.4 Å². The molecular weight excluding hydrogens is 1260 g/mol. The third kappa shape index (κ3) is 22.1. The molecule has 0 bridgehead atoms. The van der Waals surface area contributed by atoms with Crippen molar-refractivity contribution in [2.75, 3.05) is 19.7 Å². The van der Waals surface area contributed by atoms with Crippen LogP contribution in [0.5, 0.6) is 0 Å². The van der Waals surface area contributed by atoms with Crippen LogP contribution in [0.3, 0.4) is 0 Å². The molecule has 31 heteroatoms. The molecule has 0 saturated carbocycles. The number of para-hydroxylation sites is 2. The Morgan fingerprint density at radius 2 is 1.07 bits per heavy atom. The van der Waals surface area contributed by atoms with Gasteiger partial charge in [-0.15, -0.1) is 0 Å². The number of carbonyl (C=O) groups is 13. The van der Waals surface area contributed by atoms with Crippen LogP contribution in [-0.2, 0) is 81.6 Å². The molecule has 20 N–H and O–H groups in total. The van der Waals surface area contributed by atoms with E-state index in [0.29, 0.717) is 45.5 Å². The van der Waals surface area contributed by atoms with E-state index in [1.807, 2.05) is 24.3 Å². The van der Waals surface area contributed by atoms with Crippen molar-refractivity contribution in [1.29, 1.82) is 0 Å². The number of fused-ring (bicyclic) bond motifs is 2. The number of aliphatic hydroxyl groups excluding tert-OH is 1. The zero-order chi connectivity index (χ0) is 70.3. The van der Waals surface area contributed by atoms with Crippen LogP contribution in [-0.4, -0.2) is 177 Å². The molecule has 3 heterocycles. The first-order valence-corrected chi connectivity index (χ1v) is 32.1. The predicted molar refractivity (Wildman–Crippen MR) is 354 cm³/mol. The standard InChI is InChI=1S/C65H87ClN16O14/c1-34(2)26-48(59(90)77-46(22-23-54(68)85)65(96)82-25-11-17-53(82)64(95)73-35(3)56(69)87)75-55(86)30-47(57(70)88)78-58(89)45(16-9-10-24-67)76-63(94)52(33-83)81-62(93)51(29-39-32-72-44-15-8-6-13-42(39)44)80-60(91)49(27-37-18-20-40(66)21-19-37)79-61(92)50(74-36(4)84)28-38-31-71-43-14-7-5-12-41(38)43/h5-8,12-15,18-21,31-32,34-35,45-53,71-72,83H,9-11,16-17,22-30,33,67H2,1-4H3,(H2,68,85)(H2,69,87)(H2,70,88)(H,73,95)(H,74,84)(H,75,86)(H,76,94)(H,77,90)(H,78,89)(H,79,92)(H,80,91)(H,81,93)/t35-,45-,46+,47+,48+,49-,50-,51-,52+,53+/m1/s1. The van der Waals surface area contributed by atoms with Gasteiger partial charge in [0.15, 0.2) is 0 Å². The van der Waals surface area contributed by atoms with Gasteiger partial charge in [-0.1, -0.05) is 74.0 Å². The first-order valence-electron chi connectivity index (χ1n) is 31.7. The maximum atomic E-state index is 14.8. The molecule has 0 spiro atoms. The number of amides is 13. The number of primary amides is 3. The van der Waals surface area contributed by atoms with Gasteiger partial charge >= 0.3 is 0 Å². The molecular formula is C65H87ClN16O14. The summed E-state index contributed by atoms with van der Waals surface area (Å²) in [6.07, 6.45) is 2.46. The zero-order valence-electron chi connectivity index (χ0n) is 53.9. The lowest BCUT2D eigenvalue weighted by Crippen LogP contribution is -2.61. The molecule has 5 aromatic rings. The highest BCUT2D eigenvalue weighted by molar-refractivity contribution is 6.30. The Balaban J connectivity index is 1.19. The quantitative estimate of drug-likeness (QED) is 0.0202. The monoisotopic (exact) mass is 1350 g/mol. The number of nitrogens with zero attached hydrogens (tertiary/aromatic N) is 1. The Labute approximate surface area is 558 Å². The first-order chi connectivity index (χ1) is 45.7. The van der Waals surface area contributed by atoms with Crippen LogP contribution in [0, 0.1) is 5.92 Å². The molecule has 1 saturated heterocycles. The largest absolute Gasteiger partial charge is 0.394 e. The lowest BCUT2D eigenvalue weighted by atomic mass is 10.0. The van der Waals surface area contributed by atoms with Crippen molar-refractivity contribution in [2.45, 2.75) is 165 Å². The van der Waals surface area contributed by atoms with Gasteiger partial charge in [0.05, 0.1) is 13.0 Å². The van der Waals surface area contributed by atoms with Gasteiger partial charge < -0.3 is 90.8 Å². The maximum absolute atomic E-state index is 14.8. The number of aliphatic hydroxyl groups is 1. The number of carbonyl (C=O) groups excluding carboxylic acids is 13. The Hall–Kier alpha value is -9.94. The Morgan fingerprint density at radius 1 is 0.573 bits per heavy atom. The summed E-state index contributed by atoms with van der Waals surface area (Å²) < 4.78 is 0. The molecule has 30 nitrogen and oxygen atoms in total. The number of rotatable bonds is 37. The molecule has 1 fully saturated rings. The molecule has 13 amide bonds. The van der Waals surface area contributed by atoms with Crippen molar-refractivity contribution in [3.63, 3.8) is 0 Å². The number of halogens is 1. The third-order valence-electron chi connectivity index (χ3n) is 16.2. The van der Waals surface area contributed by atoms with Gasteiger partial charge in [0, 0.05) is 78.4 Å². The lowest BCUT2D eigenvalue weighted by molar-refractivity contribution is -0.142. The van der Waals surface area contributed by atoms with E-state index in [1.54, 1.807) is 74.8 Å². The summed E-state index contributed by atoms with van der Waals surface area (Å²) in [6, 6.07) is 6.77. The van der Waals surface area contributed by atoms with Crippen LogP contribution in [0.25, 0.3) is 21.8 Å². The van der Waals surface area contributed by atoms with Crippen LogP contribution >= 0.6 is 11.6 Å². The van der Waals surface area contributed by atoms with Crippen molar-refractivity contribution < 1.29 is 67.4 Å². The third-order valence-corrected chi connectivity index (χ3v) is 16.5. The van der Waals surface area contributed by atoms with Gasteiger partial charge in [-0.25, -0.2) is 0 Å². The number of likely N-dealkylation sites (tertiary alicyclic amines) is 1. The summed E-state index contributed by atoms with van der Waals surface area (Å²) in [4.78, 5) is 184. The summed E-state index contributed by atoms with van der Waals surface area (Å²) in [5.74, 6) is -11.6. The maximum Gasteiger partial charge on any atom is 0.245 e. The Kier molecular flexibility index (Phi) is 28.2. The molecule has 6 rings (SSSR count). The Bertz CT molecular complexity index is 3620. The van der Waals surface area contributed by atoms with E-state index >= 15 is 0 Å². The number of unbranched alkanes of at least 4 members (excludes halogenated alkanes) is 1. The van der Waals surface area contributed by atoms with E-state index in [1.165, 1.54) is 18.7 Å². The molecule has 0 aliphatic carbocycles. The van der Waals surface area contributed by atoms with Crippen molar-refractivity contribution in [2.24, 2.45) is 28.9 Å². The van der Waals surface area contributed by atoms with E-state index in [2.05, 4.69) is 57.8 Å². The molecule has 518 valence electrons. The average Bonchev–Trinajstić information content (AvgIpc) is 1.64. The van der Waals surface area contributed by atoms with Crippen molar-refractivity contribution in [3.8, 4) is 0 Å². The van der Waals surface area contributed by atoms with Gasteiger partial charge in [-0.3, -0.25) is 62.3 Å². The van der Waals surface area contributed by atoms with Gasteiger partial charge in [0.2, 0.25) is 76.8 Å². The van der Waals surface area contributed by atoms with E-state index in [0.717, 1.165) is 10.9 Å². The van der Waals surface area contributed by atoms with Gasteiger partial charge in [-0.2, -0.15) is 0 Å². The SMILES string of the molecule is CC(=O)N[C@H](Cc1c[nH]c2ccccc12)C(=O)N[C@H](Cc1ccc(Cl)cc1)C(=O)N[C@H](Cc1c[nH]c2ccccc12)C(=O)N[C@@H](CO)C(=O)N[C@H](CCCCN)C(=O)N[C@@H](CC(=O)N[C@@H](CC(C)C)C(=O)N[C@@H](CCC(N)=O)C(=O)N1CCC[C@H]1C(=O)N[C@H](C)C(N)=O)C(N)=O. The number of benzene rings is 3. The molecule has 2 aromatic heterocycles. The van der Waals surface area contributed by atoms with Crippen molar-refractivity contribution in [3.05, 3.63) is 107 Å². The van der Waals surface area contributed by atoms with Crippen LogP contribution in [0.4, 0.5) is 0 Å².